The molecule has 1 aliphatic heterocycles. The molecule has 1 aliphatic rings. The lowest BCUT2D eigenvalue weighted by Gasteiger charge is -2.52. The Kier molecular flexibility index (Phi) is 6.35. The van der Waals surface area contributed by atoms with E-state index in [1.807, 2.05) is 13.8 Å². The molecule has 0 aliphatic carbocycles. The minimum atomic E-state index is -1.46. The Morgan fingerprint density at radius 1 is 1.05 bits per heavy atom. The molecule has 0 radical (unpaired) electrons. The van der Waals surface area contributed by atoms with Gasteiger partial charge < -0.3 is 28.4 Å². The van der Waals surface area contributed by atoms with Crippen LogP contribution in [0.5, 0.6) is 0 Å². The van der Waals surface area contributed by atoms with E-state index in [0.717, 1.165) is 0 Å². The number of carbonyl (C=O) groups excluding carboxylic acids is 1. The molecule has 0 unspecified atom stereocenters. The van der Waals surface area contributed by atoms with Gasteiger partial charge in [-0.25, -0.2) is 4.79 Å². The summed E-state index contributed by atoms with van der Waals surface area (Å²) in [5.41, 5.74) is -1.30. The summed E-state index contributed by atoms with van der Waals surface area (Å²) < 4.78 is 33.2. The fraction of sp³-hybridized carbons (Fsp3) is 0.933. The molecule has 0 aromatic rings. The van der Waals surface area contributed by atoms with Gasteiger partial charge in [-0.05, 0) is 12.8 Å². The molecule has 1 rings (SSSR count). The quantitative estimate of drug-likeness (QED) is 0.522. The van der Waals surface area contributed by atoms with Gasteiger partial charge in [0.15, 0.2) is 11.4 Å². The molecule has 7 heteroatoms. The van der Waals surface area contributed by atoms with Crippen LogP contribution in [0.1, 0.15) is 33.6 Å². The van der Waals surface area contributed by atoms with E-state index in [9.17, 15) is 4.79 Å². The second-order valence-corrected chi connectivity index (χ2v) is 5.63. The Morgan fingerprint density at radius 2 is 1.59 bits per heavy atom. The Labute approximate surface area is 132 Å². The molecule has 1 heterocycles. The molecule has 22 heavy (non-hydrogen) atoms. The van der Waals surface area contributed by atoms with Gasteiger partial charge in [0.1, 0.15) is 0 Å². The van der Waals surface area contributed by atoms with Crippen LogP contribution in [0.3, 0.4) is 0 Å². The fourth-order valence-corrected chi connectivity index (χ4v) is 2.75. The lowest BCUT2D eigenvalue weighted by atomic mass is 9.79. The summed E-state index contributed by atoms with van der Waals surface area (Å²) in [4.78, 5) is 12.6. The van der Waals surface area contributed by atoms with Crippen LogP contribution in [0.25, 0.3) is 0 Å². The van der Waals surface area contributed by atoms with Crippen LogP contribution < -0.4 is 0 Å². The molecule has 0 N–H and O–H groups in total. The molecular formula is C15H28O7. The zero-order chi connectivity index (χ0) is 17.0. The van der Waals surface area contributed by atoms with Crippen molar-refractivity contribution in [3.8, 4) is 0 Å². The molecule has 7 nitrogen and oxygen atoms in total. The van der Waals surface area contributed by atoms with E-state index >= 15 is 0 Å². The van der Waals surface area contributed by atoms with E-state index in [4.69, 9.17) is 28.4 Å². The molecule has 0 aromatic heterocycles. The van der Waals surface area contributed by atoms with Crippen LogP contribution in [0.15, 0.2) is 0 Å². The van der Waals surface area contributed by atoms with Crippen LogP contribution in [-0.2, 0) is 33.2 Å². The van der Waals surface area contributed by atoms with Crippen molar-refractivity contribution in [3.63, 3.8) is 0 Å². The maximum Gasteiger partial charge on any atom is 0.339 e. The van der Waals surface area contributed by atoms with Gasteiger partial charge in [-0.2, -0.15) is 0 Å². The number of rotatable bonds is 7. The van der Waals surface area contributed by atoms with Crippen molar-refractivity contribution < 1.29 is 33.2 Å². The molecule has 0 aromatic carbocycles. The third-order valence-corrected chi connectivity index (χ3v) is 4.28. The number of carbonyl (C=O) groups is 1. The summed E-state index contributed by atoms with van der Waals surface area (Å²) in [5.74, 6) is -3.23. The average Bonchev–Trinajstić information content (AvgIpc) is 2.54. The second-order valence-electron chi connectivity index (χ2n) is 5.63. The Morgan fingerprint density at radius 3 is 1.95 bits per heavy atom. The first-order valence-corrected chi connectivity index (χ1v) is 7.37. The predicted octanol–water partition coefficient (Wildman–Crippen LogP) is 1.69. The Balaban J connectivity index is 3.38. The van der Waals surface area contributed by atoms with Crippen molar-refractivity contribution in [3.05, 3.63) is 0 Å². The second kappa shape index (κ2) is 7.23. The Bertz CT molecular complexity index is 352. The molecule has 130 valence electrons. The summed E-state index contributed by atoms with van der Waals surface area (Å²) in [6.07, 6.45) is 0.339. The van der Waals surface area contributed by atoms with E-state index in [1.54, 1.807) is 6.92 Å². The summed E-state index contributed by atoms with van der Waals surface area (Å²) in [6.45, 7) is 5.73. The third kappa shape index (κ3) is 3.28. The van der Waals surface area contributed by atoms with Gasteiger partial charge in [-0.1, -0.05) is 13.8 Å². The highest BCUT2D eigenvalue weighted by Gasteiger charge is 2.63. The smallest absolute Gasteiger partial charge is 0.339 e. The lowest BCUT2D eigenvalue weighted by Crippen LogP contribution is -2.66. The largest absolute Gasteiger partial charge is 0.464 e. The zero-order valence-corrected chi connectivity index (χ0v) is 14.6. The van der Waals surface area contributed by atoms with Gasteiger partial charge >= 0.3 is 5.97 Å². The molecule has 1 fully saturated rings. The number of ether oxygens (including phenoxy) is 6. The van der Waals surface area contributed by atoms with E-state index in [0.29, 0.717) is 0 Å². The first-order chi connectivity index (χ1) is 10.3. The van der Waals surface area contributed by atoms with E-state index in [2.05, 4.69) is 0 Å². The van der Waals surface area contributed by atoms with Gasteiger partial charge in [0, 0.05) is 34.9 Å². The van der Waals surface area contributed by atoms with Crippen LogP contribution >= 0.6 is 0 Å². The molecule has 1 atom stereocenters. The molecular weight excluding hydrogens is 292 g/mol. The van der Waals surface area contributed by atoms with Gasteiger partial charge in [0.2, 0.25) is 0 Å². The SMILES string of the molecule is CCOC(=O)[C@]1(C(C)C)CC(OC)(OC)CC(OC)(OC)O1. The minimum absolute atomic E-state index is 0.161. The zero-order valence-electron chi connectivity index (χ0n) is 14.6. The van der Waals surface area contributed by atoms with Crippen LogP contribution in [-0.4, -0.2) is 58.4 Å². The fourth-order valence-electron chi connectivity index (χ4n) is 2.75. The van der Waals surface area contributed by atoms with E-state index < -0.39 is 23.3 Å². The van der Waals surface area contributed by atoms with Crippen molar-refractivity contribution in [2.45, 2.75) is 51.0 Å². The highest BCUT2D eigenvalue weighted by molar-refractivity contribution is 5.80. The topological polar surface area (TPSA) is 72.5 Å². The monoisotopic (exact) mass is 320 g/mol. The number of hydrogen-bond acceptors (Lipinski definition) is 7. The van der Waals surface area contributed by atoms with E-state index in [1.165, 1.54) is 28.4 Å². The maximum absolute atomic E-state index is 12.6. The lowest BCUT2D eigenvalue weighted by molar-refractivity contribution is -0.456. The Hall–Kier alpha value is -0.730. The maximum atomic E-state index is 12.6. The van der Waals surface area contributed by atoms with Crippen molar-refractivity contribution in [1.29, 1.82) is 0 Å². The van der Waals surface area contributed by atoms with Crippen molar-refractivity contribution in [1.82, 2.24) is 0 Å². The first kappa shape index (κ1) is 19.3. The number of esters is 1. The van der Waals surface area contributed by atoms with Crippen LogP contribution in [0.4, 0.5) is 0 Å². The molecule has 1 saturated heterocycles. The summed E-state index contributed by atoms with van der Waals surface area (Å²) in [7, 11) is 5.92. The third-order valence-electron chi connectivity index (χ3n) is 4.28. The molecule has 0 saturated carbocycles. The highest BCUT2D eigenvalue weighted by atomic mass is 16.9. The summed E-state index contributed by atoms with van der Waals surface area (Å²) in [6, 6.07) is 0. The van der Waals surface area contributed by atoms with E-state index in [-0.39, 0.29) is 25.4 Å². The first-order valence-electron chi connectivity index (χ1n) is 7.37. The van der Waals surface area contributed by atoms with Gasteiger partial charge in [-0.3, -0.25) is 0 Å². The number of methoxy groups -OCH3 is 4. The predicted molar refractivity (Wildman–Crippen MR) is 78.0 cm³/mol. The summed E-state index contributed by atoms with van der Waals surface area (Å²) in [5, 5.41) is 0. The van der Waals surface area contributed by atoms with Gasteiger partial charge in [0.25, 0.3) is 5.97 Å². The normalized spacial score (nSPS) is 26.9. The molecule has 0 spiro atoms. The average molecular weight is 320 g/mol. The summed E-state index contributed by atoms with van der Waals surface area (Å²) >= 11 is 0. The van der Waals surface area contributed by atoms with Crippen molar-refractivity contribution >= 4 is 5.97 Å². The molecule has 0 amide bonds. The van der Waals surface area contributed by atoms with Crippen LogP contribution in [0.2, 0.25) is 0 Å². The van der Waals surface area contributed by atoms with Crippen molar-refractivity contribution in [2.75, 3.05) is 35.0 Å². The van der Waals surface area contributed by atoms with Gasteiger partial charge in [0.05, 0.1) is 13.0 Å². The highest BCUT2D eigenvalue weighted by Crippen LogP contribution is 2.47. The van der Waals surface area contributed by atoms with Gasteiger partial charge in [-0.15, -0.1) is 0 Å². The molecule has 0 bridgehead atoms. The minimum Gasteiger partial charge on any atom is -0.464 e. The van der Waals surface area contributed by atoms with Crippen LogP contribution in [0, 0.1) is 5.92 Å². The number of hydrogen-bond donors (Lipinski definition) is 0. The standard InChI is InChI=1S/C15H28O7/c1-8-21-12(16)14(11(2)3)9-13(17-4,18-5)10-15(19-6,20-7)22-14/h11H,8-10H2,1-7H3/t14-/m1/s1. The van der Waals surface area contributed by atoms with Crippen molar-refractivity contribution in [2.24, 2.45) is 5.92 Å².